The molecule has 19 heavy (non-hydrogen) atoms. The fourth-order valence-corrected chi connectivity index (χ4v) is 2.22. The van der Waals surface area contributed by atoms with Crippen molar-refractivity contribution in [2.45, 2.75) is 25.9 Å². The lowest BCUT2D eigenvalue weighted by molar-refractivity contribution is 0.0820. The molecular formula is C13H18FN3O2. The van der Waals surface area contributed by atoms with Gasteiger partial charge in [-0.3, -0.25) is 5.32 Å². The van der Waals surface area contributed by atoms with E-state index in [0.717, 1.165) is 19.0 Å². The zero-order valence-corrected chi connectivity index (χ0v) is 10.8. The first-order valence-corrected chi connectivity index (χ1v) is 6.42. The number of hydrogen-bond donors (Lipinski definition) is 2. The summed E-state index contributed by atoms with van der Waals surface area (Å²) in [6.07, 6.45) is 2.32. The van der Waals surface area contributed by atoms with Gasteiger partial charge in [-0.2, -0.15) is 0 Å². The molecule has 0 radical (unpaired) electrons. The molecule has 0 unspecified atom stereocenters. The number of nitrogens with zero attached hydrogens (tertiary/aromatic N) is 2. The lowest BCUT2D eigenvalue weighted by Gasteiger charge is -2.33. The van der Waals surface area contributed by atoms with Gasteiger partial charge in [-0.05, 0) is 37.8 Å². The van der Waals surface area contributed by atoms with E-state index in [2.05, 4.69) is 10.3 Å². The van der Waals surface area contributed by atoms with E-state index in [0.29, 0.717) is 18.9 Å². The molecule has 2 rings (SSSR count). The minimum absolute atomic E-state index is 0.233. The Bertz CT molecular complexity index is 428. The van der Waals surface area contributed by atoms with E-state index in [9.17, 15) is 14.3 Å². The first-order chi connectivity index (χ1) is 9.06. The highest BCUT2D eigenvalue weighted by atomic mass is 19.1. The van der Waals surface area contributed by atoms with Crippen LogP contribution in [0.1, 0.15) is 19.8 Å². The topological polar surface area (TPSA) is 65.5 Å². The monoisotopic (exact) mass is 267 g/mol. The smallest absolute Gasteiger partial charge is 0.323 e. The minimum Gasteiger partial charge on any atom is -0.393 e. The first kappa shape index (κ1) is 13.7. The average molecular weight is 267 g/mol. The van der Waals surface area contributed by atoms with E-state index in [1.807, 2.05) is 0 Å². The number of urea groups is 1. The zero-order chi connectivity index (χ0) is 13.8. The van der Waals surface area contributed by atoms with E-state index in [-0.39, 0.29) is 18.1 Å². The summed E-state index contributed by atoms with van der Waals surface area (Å²) in [7, 11) is 0. The Kier molecular flexibility index (Phi) is 4.31. The molecule has 1 aromatic rings. The molecule has 1 aliphatic heterocycles. The number of piperidine rings is 1. The van der Waals surface area contributed by atoms with Gasteiger partial charge in [-0.1, -0.05) is 0 Å². The predicted molar refractivity (Wildman–Crippen MR) is 69.2 cm³/mol. The van der Waals surface area contributed by atoms with Crippen LogP contribution < -0.4 is 5.32 Å². The number of aliphatic hydroxyl groups excluding tert-OH is 1. The number of aromatic nitrogens is 1. The highest BCUT2D eigenvalue weighted by molar-refractivity contribution is 5.88. The molecule has 1 atom stereocenters. The molecular weight excluding hydrogens is 249 g/mol. The van der Waals surface area contributed by atoms with E-state index >= 15 is 0 Å². The molecule has 5 nitrogen and oxygen atoms in total. The van der Waals surface area contributed by atoms with Gasteiger partial charge in [0.15, 0.2) is 0 Å². The highest BCUT2D eigenvalue weighted by Crippen LogP contribution is 2.20. The van der Waals surface area contributed by atoms with Crippen LogP contribution in [0.2, 0.25) is 0 Å². The van der Waals surface area contributed by atoms with Crippen molar-refractivity contribution in [3.8, 4) is 0 Å². The number of aliphatic hydroxyl groups is 1. The van der Waals surface area contributed by atoms with Crippen LogP contribution in [0.5, 0.6) is 0 Å². The third kappa shape index (κ3) is 3.64. The fraction of sp³-hybridized carbons (Fsp3) is 0.538. The molecule has 0 bridgehead atoms. The van der Waals surface area contributed by atoms with Crippen molar-refractivity contribution in [3.63, 3.8) is 0 Å². The van der Waals surface area contributed by atoms with Gasteiger partial charge in [0.1, 0.15) is 11.6 Å². The molecule has 2 heterocycles. The molecule has 0 saturated carbocycles. The van der Waals surface area contributed by atoms with Crippen molar-refractivity contribution in [1.82, 2.24) is 9.88 Å². The largest absolute Gasteiger partial charge is 0.393 e. The van der Waals surface area contributed by atoms with Crippen LogP contribution in [-0.2, 0) is 0 Å². The van der Waals surface area contributed by atoms with Crippen LogP contribution in [0, 0.1) is 11.7 Å². The van der Waals surface area contributed by atoms with Gasteiger partial charge >= 0.3 is 6.03 Å². The third-order valence-electron chi connectivity index (χ3n) is 3.47. The standard InChI is InChI=1S/C13H18FN3O2/c1-9(18)10-4-6-17(7-5-10)13(19)16-12-3-2-11(14)8-15-12/h2-3,8-10,18H,4-7H2,1H3,(H,15,16,19)/t9-/m0/s1. The maximum Gasteiger partial charge on any atom is 0.323 e. The van der Waals surface area contributed by atoms with Gasteiger partial charge in [-0.25, -0.2) is 14.2 Å². The average Bonchev–Trinajstić information content (AvgIpc) is 2.41. The number of halogens is 1. The lowest BCUT2D eigenvalue weighted by atomic mass is 9.92. The Hall–Kier alpha value is -1.69. The van der Waals surface area contributed by atoms with Crippen molar-refractivity contribution in [1.29, 1.82) is 0 Å². The Balaban J connectivity index is 1.86. The van der Waals surface area contributed by atoms with Gasteiger partial charge in [-0.15, -0.1) is 0 Å². The van der Waals surface area contributed by atoms with E-state index < -0.39 is 5.82 Å². The molecule has 6 heteroatoms. The van der Waals surface area contributed by atoms with Gasteiger partial charge < -0.3 is 10.0 Å². The number of carbonyl (C=O) groups excluding carboxylic acids is 1. The number of hydrogen-bond acceptors (Lipinski definition) is 3. The van der Waals surface area contributed by atoms with Crippen LogP contribution in [0.15, 0.2) is 18.3 Å². The summed E-state index contributed by atoms with van der Waals surface area (Å²) in [6.45, 7) is 3.01. The van der Waals surface area contributed by atoms with Gasteiger partial charge in [0.2, 0.25) is 0 Å². The summed E-state index contributed by atoms with van der Waals surface area (Å²) in [5.41, 5.74) is 0. The molecule has 0 spiro atoms. The maximum atomic E-state index is 12.7. The summed E-state index contributed by atoms with van der Waals surface area (Å²) in [4.78, 5) is 17.4. The van der Waals surface area contributed by atoms with Crippen LogP contribution >= 0.6 is 0 Å². The number of anilines is 1. The second kappa shape index (κ2) is 5.97. The highest BCUT2D eigenvalue weighted by Gasteiger charge is 2.25. The molecule has 1 fully saturated rings. The van der Waals surface area contributed by atoms with E-state index in [1.54, 1.807) is 11.8 Å². The third-order valence-corrected chi connectivity index (χ3v) is 3.47. The Labute approximate surface area is 111 Å². The van der Waals surface area contributed by atoms with Crippen molar-refractivity contribution < 1.29 is 14.3 Å². The summed E-state index contributed by atoms with van der Waals surface area (Å²) in [6, 6.07) is 2.45. The Morgan fingerprint density at radius 3 is 2.74 bits per heavy atom. The molecule has 1 aliphatic rings. The van der Waals surface area contributed by atoms with Crippen molar-refractivity contribution in [2.24, 2.45) is 5.92 Å². The maximum absolute atomic E-state index is 12.7. The van der Waals surface area contributed by atoms with Crippen LogP contribution in [-0.4, -0.2) is 40.2 Å². The van der Waals surface area contributed by atoms with Gasteiger partial charge in [0.05, 0.1) is 12.3 Å². The Morgan fingerprint density at radius 1 is 1.53 bits per heavy atom. The van der Waals surface area contributed by atoms with Crippen LogP contribution in [0.3, 0.4) is 0 Å². The lowest BCUT2D eigenvalue weighted by Crippen LogP contribution is -2.42. The molecule has 2 N–H and O–H groups in total. The summed E-state index contributed by atoms with van der Waals surface area (Å²) in [5.74, 6) is 0.160. The van der Waals surface area contributed by atoms with Gasteiger partial charge in [0, 0.05) is 13.1 Å². The van der Waals surface area contributed by atoms with Crippen LogP contribution in [0.25, 0.3) is 0 Å². The number of pyridine rings is 1. The number of likely N-dealkylation sites (tertiary alicyclic amines) is 1. The minimum atomic E-state index is -0.434. The molecule has 1 saturated heterocycles. The Morgan fingerprint density at radius 2 is 2.21 bits per heavy atom. The fourth-order valence-electron chi connectivity index (χ4n) is 2.22. The number of nitrogens with one attached hydrogen (secondary N) is 1. The summed E-state index contributed by atoms with van der Waals surface area (Å²) < 4.78 is 12.7. The first-order valence-electron chi connectivity index (χ1n) is 6.42. The van der Waals surface area contributed by atoms with E-state index in [4.69, 9.17) is 0 Å². The number of carbonyl (C=O) groups is 1. The van der Waals surface area contributed by atoms with Crippen LogP contribution in [0.4, 0.5) is 15.0 Å². The predicted octanol–water partition coefficient (Wildman–Crippen LogP) is 1.85. The second-order valence-electron chi connectivity index (χ2n) is 4.86. The number of amides is 2. The normalized spacial score (nSPS) is 18.2. The SMILES string of the molecule is C[C@H](O)C1CCN(C(=O)Nc2ccc(F)cn2)CC1. The molecule has 0 aromatic carbocycles. The van der Waals surface area contributed by atoms with E-state index in [1.165, 1.54) is 12.1 Å². The number of rotatable bonds is 2. The molecule has 2 amide bonds. The second-order valence-corrected chi connectivity index (χ2v) is 4.86. The molecule has 104 valence electrons. The van der Waals surface area contributed by atoms with Crippen molar-refractivity contribution in [2.75, 3.05) is 18.4 Å². The molecule has 1 aromatic heterocycles. The molecule has 0 aliphatic carbocycles. The summed E-state index contributed by atoms with van der Waals surface area (Å²) >= 11 is 0. The van der Waals surface area contributed by atoms with Gasteiger partial charge in [0.25, 0.3) is 0 Å². The zero-order valence-electron chi connectivity index (χ0n) is 10.8. The summed E-state index contributed by atoms with van der Waals surface area (Å²) in [5, 5.41) is 12.1. The quantitative estimate of drug-likeness (QED) is 0.859. The van der Waals surface area contributed by atoms with Crippen molar-refractivity contribution in [3.05, 3.63) is 24.1 Å². The van der Waals surface area contributed by atoms with Crippen molar-refractivity contribution >= 4 is 11.8 Å².